The minimum atomic E-state index is 0.604. The van der Waals surface area contributed by atoms with Crippen LogP contribution in [0.5, 0.6) is 0 Å². The Balaban J connectivity index is 0.000000509. The Kier molecular flexibility index (Phi) is 8.04. The molecule has 0 bridgehead atoms. The van der Waals surface area contributed by atoms with E-state index in [9.17, 15) is 0 Å². The van der Waals surface area contributed by atoms with Crippen molar-refractivity contribution in [2.24, 2.45) is 0 Å². The minimum Gasteiger partial charge on any atom is -0.306 e. The third kappa shape index (κ3) is 3.74. The monoisotopic (exact) mass is 228 g/mol. The largest absolute Gasteiger partial charge is 0.306 e. The quantitative estimate of drug-likeness (QED) is 0.628. The first-order valence-corrected chi connectivity index (χ1v) is 7.13. The number of hydrogen-bond acceptors (Lipinski definition) is 2. The van der Waals surface area contributed by atoms with E-state index in [1.54, 1.807) is 0 Å². The lowest BCUT2D eigenvalue weighted by Gasteiger charge is -2.42. The molecule has 98 valence electrons. The lowest BCUT2D eigenvalue weighted by Crippen LogP contribution is -2.49. The van der Waals surface area contributed by atoms with Crippen molar-refractivity contribution >= 4 is 0 Å². The summed E-state index contributed by atoms with van der Waals surface area (Å²) < 4.78 is 0. The Labute approximate surface area is 103 Å². The van der Waals surface area contributed by atoms with E-state index >= 15 is 0 Å². The van der Waals surface area contributed by atoms with Gasteiger partial charge in [0.2, 0.25) is 0 Å². The van der Waals surface area contributed by atoms with Gasteiger partial charge in [-0.2, -0.15) is 0 Å². The van der Waals surface area contributed by atoms with E-state index in [-0.39, 0.29) is 0 Å². The first-order chi connectivity index (χ1) is 7.73. The van der Waals surface area contributed by atoms with E-state index in [0.29, 0.717) is 5.54 Å². The minimum absolute atomic E-state index is 0.604. The molecule has 0 atom stereocenters. The standard InChI is InChI=1S/C10H20N2.2C2H6/c1-11-8-5-10(6-9-11)4-3-7-12(10)2;2*1-2/h3-9H2,1-2H3;2*1-2H3. The van der Waals surface area contributed by atoms with Gasteiger partial charge in [0, 0.05) is 5.54 Å². The molecule has 0 unspecified atom stereocenters. The highest BCUT2D eigenvalue weighted by atomic mass is 15.2. The van der Waals surface area contributed by atoms with Crippen LogP contribution in [0.15, 0.2) is 0 Å². The van der Waals surface area contributed by atoms with E-state index in [0.717, 1.165) is 0 Å². The molecule has 0 aromatic carbocycles. The van der Waals surface area contributed by atoms with Crippen LogP contribution >= 0.6 is 0 Å². The summed E-state index contributed by atoms with van der Waals surface area (Å²) in [5, 5.41) is 0. The SMILES string of the molecule is CC.CC.CN1CCC2(CCCN2C)CC1. The van der Waals surface area contributed by atoms with Crippen molar-refractivity contribution in [2.75, 3.05) is 33.7 Å². The Morgan fingerprint density at radius 2 is 1.25 bits per heavy atom. The fourth-order valence-electron chi connectivity index (χ4n) is 2.74. The molecule has 2 heteroatoms. The summed E-state index contributed by atoms with van der Waals surface area (Å²) in [6.45, 7) is 11.9. The van der Waals surface area contributed by atoms with Crippen molar-refractivity contribution in [2.45, 2.75) is 58.9 Å². The number of rotatable bonds is 0. The van der Waals surface area contributed by atoms with Crippen molar-refractivity contribution in [3.8, 4) is 0 Å². The third-order valence-corrected chi connectivity index (χ3v) is 3.86. The normalized spacial score (nSPS) is 24.4. The van der Waals surface area contributed by atoms with Gasteiger partial charge in [-0.3, -0.25) is 0 Å². The molecule has 0 radical (unpaired) electrons. The molecule has 0 amide bonds. The maximum Gasteiger partial charge on any atom is 0.0231 e. The molecular weight excluding hydrogens is 196 g/mol. The highest BCUT2D eigenvalue weighted by Gasteiger charge is 2.40. The van der Waals surface area contributed by atoms with Crippen LogP contribution in [-0.2, 0) is 0 Å². The molecule has 0 aliphatic carbocycles. The van der Waals surface area contributed by atoms with E-state index in [1.165, 1.54) is 45.3 Å². The van der Waals surface area contributed by atoms with Crippen molar-refractivity contribution in [1.29, 1.82) is 0 Å². The molecule has 0 aromatic heterocycles. The van der Waals surface area contributed by atoms with Gasteiger partial charge in [0.15, 0.2) is 0 Å². The van der Waals surface area contributed by atoms with Crippen LogP contribution in [-0.4, -0.2) is 49.1 Å². The number of likely N-dealkylation sites (tertiary alicyclic amines) is 2. The van der Waals surface area contributed by atoms with Crippen LogP contribution in [0.2, 0.25) is 0 Å². The van der Waals surface area contributed by atoms with E-state index in [1.807, 2.05) is 27.7 Å². The fraction of sp³-hybridized carbons (Fsp3) is 1.00. The average Bonchev–Trinajstić information content (AvgIpc) is 2.70. The maximum atomic E-state index is 2.60. The van der Waals surface area contributed by atoms with Crippen LogP contribution in [0.4, 0.5) is 0 Å². The summed E-state index contributed by atoms with van der Waals surface area (Å²) >= 11 is 0. The predicted octanol–water partition coefficient (Wildman–Crippen LogP) is 3.23. The first kappa shape index (κ1) is 15.9. The fourth-order valence-corrected chi connectivity index (χ4v) is 2.74. The predicted molar refractivity (Wildman–Crippen MR) is 74.0 cm³/mol. The molecule has 2 heterocycles. The Morgan fingerprint density at radius 1 is 0.750 bits per heavy atom. The van der Waals surface area contributed by atoms with Gasteiger partial charge in [0.05, 0.1) is 0 Å². The molecule has 0 saturated carbocycles. The molecule has 0 aromatic rings. The van der Waals surface area contributed by atoms with Crippen molar-refractivity contribution in [3.05, 3.63) is 0 Å². The zero-order chi connectivity index (χ0) is 12.6. The zero-order valence-electron chi connectivity index (χ0n) is 12.3. The van der Waals surface area contributed by atoms with Crippen LogP contribution in [0, 0.1) is 0 Å². The van der Waals surface area contributed by atoms with Crippen LogP contribution in [0.25, 0.3) is 0 Å². The Bertz CT molecular complexity index is 160. The van der Waals surface area contributed by atoms with Crippen molar-refractivity contribution in [1.82, 2.24) is 9.80 Å². The van der Waals surface area contributed by atoms with Gasteiger partial charge in [-0.05, 0) is 59.4 Å². The molecule has 2 aliphatic rings. The summed E-state index contributed by atoms with van der Waals surface area (Å²) in [6, 6.07) is 0. The van der Waals surface area contributed by atoms with E-state index < -0.39 is 0 Å². The summed E-state index contributed by atoms with van der Waals surface area (Å²) in [5.41, 5.74) is 0.604. The van der Waals surface area contributed by atoms with Crippen LogP contribution < -0.4 is 0 Å². The first-order valence-electron chi connectivity index (χ1n) is 7.13. The summed E-state index contributed by atoms with van der Waals surface area (Å²) in [5.74, 6) is 0. The topological polar surface area (TPSA) is 6.48 Å². The second-order valence-corrected chi connectivity index (χ2v) is 4.55. The highest BCUT2D eigenvalue weighted by Crippen LogP contribution is 2.36. The summed E-state index contributed by atoms with van der Waals surface area (Å²) in [4.78, 5) is 5.05. The van der Waals surface area contributed by atoms with Crippen molar-refractivity contribution < 1.29 is 0 Å². The molecular formula is C14H32N2. The molecule has 0 N–H and O–H groups in total. The molecule has 2 saturated heterocycles. The third-order valence-electron chi connectivity index (χ3n) is 3.86. The average molecular weight is 228 g/mol. The molecule has 2 nitrogen and oxygen atoms in total. The number of hydrogen-bond donors (Lipinski definition) is 0. The molecule has 2 aliphatic heterocycles. The van der Waals surface area contributed by atoms with Gasteiger partial charge >= 0.3 is 0 Å². The second kappa shape index (κ2) is 8.08. The number of piperidine rings is 1. The lowest BCUT2D eigenvalue weighted by molar-refractivity contribution is 0.0825. The smallest absolute Gasteiger partial charge is 0.0231 e. The van der Waals surface area contributed by atoms with E-state index in [4.69, 9.17) is 0 Å². The number of nitrogens with zero attached hydrogens (tertiary/aromatic N) is 2. The maximum absolute atomic E-state index is 2.60. The Hall–Kier alpha value is -0.0800. The molecule has 2 fully saturated rings. The van der Waals surface area contributed by atoms with Gasteiger partial charge in [-0.15, -0.1) is 0 Å². The van der Waals surface area contributed by atoms with Gasteiger partial charge in [-0.25, -0.2) is 0 Å². The van der Waals surface area contributed by atoms with Gasteiger partial charge in [-0.1, -0.05) is 27.7 Å². The van der Waals surface area contributed by atoms with Crippen molar-refractivity contribution in [3.63, 3.8) is 0 Å². The Morgan fingerprint density at radius 3 is 1.62 bits per heavy atom. The highest BCUT2D eigenvalue weighted by molar-refractivity contribution is 4.97. The van der Waals surface area contributed by atoms with Gasteiger partial charge in [0.25, 0.3) is 0 Å². The van der Waals surface area contributed by atoms with Crippen LogP contribution in [0.3, 0.4) is 0 Å². The molecule has 2 rings (SSSR count). The van der Waals surface area contributed by atoms with E-state index in [2.05, 4.69) is 23.9 Å². The zero-order valence-corrected chi connectivity index (χ0v) is 12.3. The molecule has 1 spiro atoms. The summed E-state index contributed by atoms with van der Waals surface area (Å²) in [6.07, 6.45) is 5.64. The van der Waals surface area contributed by atoms with Crippen LogP contribution in [0.1, 0.15) is 53.4 Å². The lowest BCUT2D eigenvalue weighted by atomic mass is 9.85. The summed E-state index contributed by atoms with van der Waals surface area (Å²) in [7, 11) is 4.54. The second-order valence-electron chi connectivity index (χ2n) is 4.55. The molecule has 16 heavy (non-hydrogen) atoms. The van der Waals surface area contributed by atoms with Gasteiger partial charge in [0.1, 0.15) is 0 Å². The van der Waals surface area contributed by atoms with Gasteiger partial charge < -0.3 is 9.80 Å².